The fourth-order valence-corrected chi connectivity index (χ4v) is 2.99. The van der Waals surface area contributed by atoms with Crippen LogP contribution in [0, 0.1) is 11.3 Å². The Hall–Kier alpha value is -0.900. The molecule has 0 amide bonds. The van der Waals surface area contributed by atoms with Crippen molar-refractivity contribution in [1.82, 2.24) is 14.8 Å². The van der Waals surface area contributed by atoms with E-state index in [-0.39, 0.29) is 5.41 Å². The third-order valence-corrected chi connectivity index (χ3v) is 4.43. The first-order valence-electron chi connectivity index (χ1n) is 7.26. The van der Waals surface area contributed by atoms with Crippen LogP contribution in [-0.4, -0.2) is 21.3 Å². The second kappa shape index (κ2) is 5.83. The summed E-state index contributed by atoms with van der Waals surface area (Å²) in [5.41, 5.74) is 6.34. The predicted molar refractivity (Wildman–Crippen MR) is 73.1 cm³/mol. The zero-order valence-corrected chi connectivity index (χ0v) is 11.7. The van der Waals surface area contributed by atoms with Crippen molar-refractivity contribution >= 4 is 0 Å². The van der Waals surface area contributed by atoms with Crippen molar-refractivity contribution in [2.45, 2.75) is 58.9 Å². The van der Waals surface area contributed by atoms with Crippen LogP contribution in [0.4, 0.5) is 0 Å². The van der Waals surface area contributed by atoms with Crippen LogP contribution in [0.5, 0.6) is 0 Å². The number of rotatable bonds is 5. The normalized spacial score (nSPS) is 28.5. The Morgan fingerprint density at radius 2 is 2.17 bits per heavy atom. The molecule has 102 valence electrons. The van der Waals surface area contributed by atoms with Crippen molar-refractivity contribution < 1.29 is 0 Å². The first-order chi connectivity index (χ1) is 8.69. The van der Waals surface area contributed by atoms with E-state index in [0.29, 0.717) is 0 Å². The lowest BCUT2D eigenvalue weighted by atomic mass is 9.69. The molecule has 4 heteroatoms. The van der Waals surface area contributed by atoms with Gasteiger partial charge in [-0.3, -0.25) is 4.68 Å². The van der Waals surface area contributed by atoms with Gasteiger partial charge in [-0.05, 0) is 37.1 Å². The van der Waals surface area contributed by atoms with Crippen LogP contribution in [0.1, 0.15) is 51.8 Å². The third-order valence-electron chi connectivity index (χ3n) is 4.43. The lowest BCUT2D eigenvalue weighted by Crippen LogP contribution is -2.37. The van der Waals surface area contributed by atoms with E-state index >= 15 is 0 Å². The minimum Gasteiger partial charge on any atom is -0.330 e. The molecular formula is C14H26N4. The molecule has 0 aromatic carbocycles. The van der Waals surface area contributed by atoms with Crippen LogP contribution in [-0.2, 0) is 13.0 Å². The molecule has 0 radical (unpaired) electrons. The zero-order chi connectivity index (χ0) is 13.0. The van der Waals surface area contributed by atoms with Crippen molar-refractivity contribution in [2.24, 2.45) is 17.1 Å². The van der Waals surface area contributed by atoms with E-state index in [0.717, 1.165) is 37.7 Å². The number of hydrogen-bond acceptors (Lipinski definition) is 3. The van der Waals surface area contributed by atoms with Gasteiger partial charge in [0.05, 0.1) is 0 Å². The molecule has 1 aromatic heterocycles. The molecule has 0 saturated heterocycles. The molecule has 18 heavy (non-hydrogen) atoms. The maximum absolute atomic E-state index is 6.07. The largest absolute Gasteiger partial charge is 0.330 e. The Balaban J connectivity index is 2.07. The van der Waals surface area contributed by atoms with Gasteiger partial charge in [-0.1, -0.05) is 26.7 Å². The molecule has 0 unspecified atom stereocenters. The zero-order valence-electron chi connectivity index (χ0n) is 11.7. The van der Waals surface area contributed by atoms with Crippen LogP contribution >= 0.6 is 0 Å². The van der Waals surface area contributed by atoms with Gasteiger partial charge in [0.15, 0.2) is 0 Å². The highest BCUT2D eigenvalue weighted by Gasteiger charge is 2.34. The molecule has 2 rings (SSSR count). The summed E-state index contributed by atoms with van der Waals surface area (Å²) >= 11 is 0. The highest BCUT2D eigenvalue weighted by Crippen LogP contribution is 2.40. The average Bonchev–Trinajstić information content (AvgIpc) is 2.80. The molecule has 0 atom stereocenters. The summed E-state index contributed by atoms with van der Waals surface area (Å²) in [6.07, 6.45) is 8.87. The summed E-state index contributed by atoms with van der Waals surface area (Å²) in [7, 11) is 0. The molecule has 2 N–H and O–H groups in total. The van der Waals surface area contributed by atoms with Gasteiger partial charge in [-0.25, -0.2) is 4.98 Å². The Morgan fingerprint density at radius 1 is 1.44 bits per heavy atom. The molecule has 1 aliphatic rings. The smallest absolute Gasteiger partial charge is 0.138 e. The lowest BCUT2D eigenvalue weighted by Gasteiger charge is -2.38. The molecule has 4 nitrogen and oxygen atoms in total. The second-order valence-electron chi connectivity index (χ2n) is 5.96. The molecule has 0 aliphatic heterocycles. The van der Waals surface area contributed by atoms with E-state index in [2.05, 4.69) is 28.6 Å². The molecule has 1 saturated carbocycles. The number of nitrogens with zero attached hydrogens (tertiary/aromatic N) is 3. The third kappa shape index (κ3) is 2.91. The first kappa shape index (κ1) is 13.5. The first-order valence-corrected chi connectivity index (χ1v) is 7.26. The summed E-state index contributed by atoms with van der Waals surface area (Å²) < 4.78 is 2.05. The van der Waals surface area contributed by atoms with Crippen LogP contribution in [0.15, 0.2) is 6.33 Å². The van der Waals surface area contributed by atoms with E-state index in [1.165, 1.54) is 25.7 Å². The molecular weight excluding hydrogens is 224 g/mol. The summed E-state index contributed by atoms with van der Waals surface area (Å²) in [5, 5.41) is 4.32. The molecule has 1 fully saturated rings. The van der Waals surface area contributed by atoms with Crippen LogP contribution in [0.2, 0.25) is 0 Å². The lowest BCUT2D eigenvalue weighted by molar-refractivity contribution is 0.158. The number of nitrogens with two attached hydrogens (primary N) is 1. The van der Waals surface area contributed by atoms with Crippen molar-refractivity contribution in [3.8, 4) is 0 Å². The number of aryl methyl sites for hydroxylation is 1. The topological polar surface area (TPSA) is 56.7 Å². The molecule has 0 bridgehead atoms. The fourth-order valence-electron chi connectivity index (χ4n) is 2.99. The maximum atomic E-state index is 6.07. The number of aromatic nitrogens is 3. The second-order valence-corrected chi connectivity index (χ2v) is 5.96. The summed E-state index contributed by atoms with van der Waals surface area (Å²) in [4.78, 5) is 4.44. The Kier molecular flexibility index (Phi) is 4.38. The SMILES string of the molecule is CCCn1ncnc1CC1(CN)CCC(C)CC1. The summed E-state index contributed by atoms with van der Waals surface area (Å²) in [6, 6.07) is 0. The van der Waals surface area contributed by atoms with Gasteiger partial charge < -0.3 is 5.73 Å². The molecule has 1 heterocycles. The van der Waals surface area contributed by atoms with Gasteiger partial charge in [0, 0.05) is 13.0 Å². The van der Waals surface area contributed by atoms with E-state index in [9.17, 15) is 0 Å². The van der Waals surface area contributed by atoms with Crippen molar-refractivity contribution in [3.05, 3.63) is 12.2 Å². The highest BCUT2D eigenvalue weighted by atomic mass is 15.3. The van der Waals surface area contributed by atoms with Crippen LogP contribution < -0.4 is 5.73 Å². The van der Waals surface area contributed by atoms with Gasteiger partial charge in [0.2, 0.25) is 0 Å². The van der Waals surface area contributed by atoms with E-state index < -0.39 is 0 Å². The fraction of sp³-hybridized carbons (Fsp3) is 0.857. The van der Waals surface area contributed by atoms with Crippen molar-refractivity contribution in [2.75, 3.05) is 6.54 Å². The molecule has 0 spiro atoms. The quantitative estimate of drug-likeness (QED) is 0.873. The standard InChI is InChI=1S/C14H26N4/c1-3-8-18-13(16-11-17-18)9-14(10-15)6-4-12(2)5-7-14/h11-12H,3-10,15H2,1-2H3. The average molecular weight is 250 g/mol. The Labute approximate surface area is 110 Å². The summed E-state index contributed by atoms with van der Waals surface area (Å²) in [5.74, 6) is 1.98. The Morgan fingerprint density at radius 3 is 2.78 bits per heavy atom. The van der Waals surface area contributed by atoms with E-state index in [4.69, 9.17) is 5.73 Å². The molecule has 1 aliphatic carbocycles. The number of hydrogen-bond donors (Lipinski definition) is 1. The van der Waals surface area contributed by atoms with E-state index in [1.807, 2.05) is 0 Å². The summed E-state index contributed by atoms with van der Waals surface area (Å²) in [6.45, 7) is 6.26. The van der Waals surface area contributed by atoms with Crippen LogP contribution in [0.25, 0.3) is 0 Å². The van der Waals surface area contributed by atoms with Gasteiger partial charge in [-0.15, -0.1) is 0 Å². The van der Waals surface area contributed by atoms with Gasteiger partial charge in [0.1, 0.15) is 12.2 Å². The maximum Gasteiger partial charge on any atom is 0.138 e. The van der Waals surface area contributed by atoms with Gasteiger partial charge >= 0.3 is 0 Å². The highest BCUT2D eigenvalue weighted by molar-refractivity contribution is 4.97. The van der Waals surface area contributed by atoms with Gasteiger partial charge in [-0.2, -0.15) is 5.10 Å². The minimum atomic E-state index is 0.269. The minimum absolute atomic E-state index is 0.269. The monoisotopic (exact) mass is 250 g/mol. The predicted octanol–water partition coefficient (Wildman–Crippen LogP) is 2.39. The van der Waals surface area contributed by atoms with Crippen LogP contribution in [0.3, 0.4) is 0 Å². The van der Waals surface area contributed by atoms with Crippen molar-refractivity contribution in [1.29, 1.82) is 0 Å². The molecule has 1 aromatic rings. The Bertz CT molecular complexity index is 364. The van der Waals surface area contributed by atoms with Gasteiger partial charge in [0.25, 0.3) is 0 Å². The van der Waals surface area contributed by atoms with Crippen molar-refractivity contribution in [3.63, 3.8) is 0 Å². The van der Waals surface area contributed by atoms with E-state index in [1.54, 1.807) is 6.33 Å².